The van der Waals surface area contributed by atoms with Crippen LogP contribution >= 0.6 is 0 Å². The van der Waals surface area contributed by atoms with Gasteiger partial charge in [-0.25, -0.2) is 0 Å². The first-order valence-electron chi connectivity index (χ1n) is 9.32. The van der Waals surface area contributed by atoms with E-state index < -0.39 is 11.7 Å². The number of pyridine rings is 1. The standard InChI is InChI=1S/C23H23F3N2O/c1-15(28-16(2)21-6-4-5-13-27-21)18-9-12-22(29-3)20(14-18)17-7-10-19(11-8-17)23(24,25)26/h4-16,28H,1-3H3. The molecule has 6 heteroatoms. The van der Waals surface area contributed by atoms with Gasteiger partial charge in [0.15, 0.2) is 0 Å². The van der Waals surface area contributed by atoms with Gasteiger partial charge in [0, 0.05) is 23.8 Å². The van der Waals surface area contributed by atoms with Crippen molar-refractivity contribution >= 4 is 0 Å². The highest BCUT2D eigenvalue weighted by molar-refractivity contribution is 5.71. The van der Waals surface area contributed by atoms with Crippen LogP contribution in [0.15, 0.2) is 66.9 Å². The molecule has 152 valence electrons. The van der Waals surface area contributed by atoms with E-state index >= 15 is 0 Å². The Morgan fingerprint density at radius 1 is 0.931 bits per heavy atom. The van der Waals surface area contributed by atoms with Crippen LogP contribution in [-0.4, -0.2) is 12.1 Å². The summed E-state index contributed by atoms with van der Waals surface area (Å²) < 4.78 is 44.0. The van der Waals surface area contributed by atoms with E-state index in [1.165, 1.54) is 12.1 Å². The number of nitrogens with zero attached hydrogens (tertiary/aromatic N) is 1. The molecule has 2 atom stereocenters. The summed E-state index contributed by atoms with van der Waals surface area (Å²) in [5, 5.41) is 3.51. The van der Waals surface area contributed by atoms with Crippen LogP contribution in [0.1, 0.15) is 42.8 Å². The minimum absolute atomic E-state index is 0.00566. The van der Waals surface area contributed by atoms with E-state index in [1.54, 1.807) is 13.3 Å². The average Bonchev–Trinajstić information content (AvgIpc) is 2.73. The Morgan fingerprint density at radius 3 is 2.24 bits per heavy atom. The molecule has 0 fully saturated rings. The van der Waals surface area contributed by atoms with Crippen molar-refractivity contribution in [1.29, 1.82) is 0 Å². The van der Waals surface area contributed by atoms with Gasteiger partial charge in [-0.1, -0.05) is 24.3 Å². The zero-order valence-electron chi connectivity index (χ0n) is 16.5. The molecule has 0 aliphatic heterocycles. The van der Waals surface area contributed by atoms with Crippen LogP contribution in [0.2, 0.25) is 0 Å². The third kappa shape index (κ3) is 4.95. The molecule has 1 aromatic heterocycles. The van der Waals surface area contributed by atoms with Gasteiger partial charge in [0.25, 0.3) is 0 Å². The number of ether oxygens (including phenoxy) is 1. The molecule has 0 amide bonds. The molecule has 2 aromatic carbocycles. The summed E-state index contributed by atoms with van der Waals surface area (Å²) in [5.74, 6) is 0.610. The van der Waals surface area contributed by atoms with E-state index in [2.05, 4.69) is 10.3 Å². The lowest BCUT2D eigenvalue weighted by Crippen LogP contribution is -2.23. The maximum atomic E-state index is 12.9. The highest BCUT2D eigenvalue weighted by atomic mass is 19.4. The minimum Gasteiger partial charge on any atom is -0.496 e. The van der Waals surface area contributed by atoms with Crippen molar-refractivity contribution in [3.8, 4) is 16.9 Å². The van der Waals surface area contributed by atoms with Crippen LogP contribution < -0.4 is 10.1 Å². The Morgan fingerprint density at radius 2 is 1.66 bits per heavy atom. The largest absolute Gasteiger partial charge is 0.496 e. The first-order chi connectivity index (χ1) is 13.8. The van der Waals surface area contributed by atoms with Crippen molar-refractivity contribution < 1.29 is 17.9 Å². The molecule has 3 nitrogen and oxygen atoms in total. The number of nitrogens with one attached hydrogen (secondary N) is 1. The fourth-order valence-corrected chi connectivity index (χ4v) is 3.25. The van der Waals surface area contributed by atoms with E-state index in [9.17, 15) is 13.2 Å². The topological polar surface area (TPSA) is 34.1 Å². The zero-order chi connectivity index (χ0) is 21.0. The summed E-state index contributed by atoms with van der Waals surface area (Å²) in [4.78, 5) is 4.37. The molecule has 1 N–H and O–H groups in total. The smallest absolute Gasteiger partial charge is 0.416 e. The predicted molar refractivity (Wildman–Crippen MR) is 108 cm³/mol. The van der Waals surface area contributed by atoms with Gasteiger partial charge in [-0.3, -0.25) is 4.98 Å². The number of alkyl halides is 3. The average molecular weight is 400 g/mol. The molecule has 29 heavy (non-hydrogen) atoms. The first kappa shape index (κ1) is 20.9. The molecule has 0 saturated carbocycles. The maximum absolute atomic E-state index is 12.9. The summed E-state index contributed by atoms with van der Waals surface area (Å²) in [6, 6.07) is 16.7. The molecule has 2 unspecified atom stereocenters. The molecule has 3 aromatic rings. The molecule has 0 aliphatic rings. The number of halogens is 3. The van der Waals surface area contributed by atoms with Gasteiger partial charge in [0.1, 0.15) is 5.75 Å². The normalized spacial score (nSPS) is 13.7. The van der Waals surface area contributed by atoms with Gasteiger partial charge in [-0.05, 0) is 61.4 Å². The Kier molecular flexibility index (Phi) is 6.23. The fraction of sp³-hybridized carbons (Fsp3) is 0.261. The lowest BCUT2D eigenvalue weighted by molar-refractivity contribution is -0.137. The monoisotopic (exact) mass is 400 g/mol. The van der Waals surface area contributed by atoms with Crippen LogP contribution in [0.3, 0.4) is 0 Å². The van der Waals surface area contributed by atoms with E-state index in [0.717, 1.165) is 29.0 Å². The SMILES string of the molecule is COc1ccc(C(C)NC(C)c2ccccn2)cc1-c1ccc(C(F)(F)F)cc1. The summed E-state index contributed by atoms with van der Waals surface area (Å²) in [6.07, 6.45) is -2.60. The minimum atomic E-state index is -4.36. The van der Waals surface area contributed by atoms with Crippen LogP contribution in [-0.2, 0) is 6.18 Å². The summed E-state index contributed by atoms with van der Waals surface area (Å²) >= 11 is 0. The zero-order valence-corrected chi connectivity index (χ0v) is 16.5. The van der Waals surface area contributed by atoms with E-state index in [0.29, 0.717) is 11.3 Å². The molecule has 3 rings (SSSR count). The number of hydrogen-bond donors (Lipinski definition) is 1. The van der Waals surface area contributed by atoms with E-state index in [-0.39, 0.29) is 12.1 Å². The van der Waals surface area contributed by atoms with Crippen molar-refractivity contribution in [3.05, 3.63) is 83.7 Å². The maximum Gasteiger partial charge on any atom is 0.416 e. The third-order valence-electron chi connectivity index (χ3n) is 4.88. The van der Waals surface area contributed by atoms with Crippen molar-refractivity contribution in [3.63, 3.8) is 0 Å². The summed E-state index contributed by atoms with van der Waals surface area (Å²) in [7, 11) is 1.55. The molecule has 0 spiro atoms. The highest BCUT2D eigenvalue weighted by Crippen LogP contribution is 2.35. The molecular weight excluding hydrogens is 377 g/mol. The molecule has 0 saturated heterocycles. The van der Waals surface area contributed by atoms with Gasteiger partial charge in [-0.15, -0.1) is 0 Å². The number of benzene rings is 2. The van der Waals surface area contributed by atoms with Crippen molar-refractivity contribution in [2.45, 2.75) is 32.1 Å². The quantitative estimate of drug-likeness (QED) is 0.536. The van der Waals surface area contributed by atoms with Crippen molar-refractivity contribution in [2.24, 2.45) is 0 Å². The van der Waals surface area contributed by atoms with Crippen molar-refractivity contribution in [2.75, 3.05) is 7.11 Å². The number of aromatic nitrogens is 1. The van der Waals surface area contributed by atoms with Gasteiger partial charge < -0.3 is 10.1 Å². The molecule has 1 heterocycles. The fourth-order valence-electron chi connectivity index (χ4n) is 3.25. The Hall–Kier alpha value is -2.86. The van der Waals surface area contributed by atoms with Crippen molar-refractivity contribution in [1.82, 2.24) is 10.3 Å². The number of rotatable bonds is 6. The Balaban J connectivity index is 1.86. The van der Waals surface area contributed by atoms with E-state index in [4.69, 9.17) is 4.74 Å². The number of hydrogen-bond acceptors (Lipinski definition) is 3. The second-order valence-corrected chi connectivity index (χ2v) is 6.90. The predicted octanol–water partition coefficient (Wildman–Crippen LogP) is 6.19. The van der Waals surface area contributed by atoms with Crippen LogP contribution in [0.25, 0.3) is 11.1 Å². The van der Waals surface area contributed by atoms with Crippen LogP contribution in [0.5, 0.6) is 5.75 Å². The van der Waals surface area contributed by atoms with Crippen LogP contribution in [0, 0.1) is 0 Å². The van der Waals surface area contributed by atoms with E-state index in [1.807, 2.05) is 50.2 Å². The second-order valence-electron chi connectivity index (χ2n) is 6.90. The van der Waals surface area contributed by atoms with Gasteiger partial charge in [-0.2, -0.15) is 13.2 Å². The van der Waals surface area contributed by atoms with Gasteiger partial charge >= 0.3 is 6.18 Å². The molecule has 0 radical (unpaired) electrons. The van der Waals surface area contributed by atoms with Gasteiger partial charge in [0.05, 0.1) is 18.4 Å². The Labute approximate surface area is 168 Å². The third-order valence-corrected chi connectivity index (χ3v) is 4.88. The Bertz CT molecular complexity index is 941. The first-order valence-corrected chi connectivity index (χ1v) is 9.32. The molecular formula is C23H23F3N2O. The highest BCUT2D eigenvalue weighted by Gasteiger charge is 2.30. The van der Waals surface area contributed by atoms with Gasteiger partial charge in [0.2, 0.25) is 0 Å². The second kappa shape index (κ2) is 8.66. The summed E-state index contributed by atoms with van der Waals surface area (Å²) in [5.41, 5.74) is 2.69. The van der Waals surface area contributed by atoms with Crippen LogP contribution in [0.4, 0.5) is 13.2 Å². The lowest BCUT2D eigenvalue weighted by atomic mass is 9.97. The summed E-state index contributed by atoms with van der Waals surface area (Å²) in [6.45, 7) is 4.08. The lowest BCUT2D eigenvalue weighted by Gasteiger charge is -2.21. The molecule has 0 bridgehead atoms. The number of methoxy groups -OCH3 is 1. The molecule has 0 aliphatic carbocycles.